The summed E-state index contributed by atoms with van der Waals surface area (Å²) in [7, 11) is 0. The summed E-state index contributed by atoms with van der Waals surface area (Å²) in [5, 5.41) is 7.14. The number of benzene rings is 1. The molecule has 1 aliphatic rings. The average molecular weight is 218 g/mol. The van der Waals surface area contributed by atoms with Gasteiger partial charge < -0.3 is 5.32 Å². The summed E-state index contributed by atoms with van der Waals surface area (Å²) in [5.41, 5.74) is 1.65. The number of nitrogens with one attached hydrogen (secondary N) is 2. The van der Waals surface area contributed by atoms with Crippen molar-refractivity contribution in [1.29, 1.82) is 0 Å². The Labute approximate surface area is 98.4 Å². The first kappa shape index (κ1) is 11.5. The highest BCUT2D eigenvalue weighted by molar-refractivity contribution is 5.43. The Kier molecular flexibility index (Phi) is 3.49. The molecule has 2 heteroatoms. The molecule has 0 amide bonds. The maximum absolute atomic E-state index is 3.57. The van der Waals surface area contributed by atoms with Gasteiger partial charge in [-0.1, -0.05) is 32.0 Å². The zero-order valence-electron chi connectivity index (χ0n) is 10.3. The van der Waals surface area contributed by atoms with Gasteiger partial charge in [0, 0.05) is 5.69 Å². The Bertz CT molecular complexity index is 319. The van der Waals surface area contributed by atoms with Crippen LogP contribution in [0.1, 0.15) is 33.1 Å². The molecule has 0 radical (unpaired) electrons. The molecule has 1 aromatic rings. The summed E-state index contributed by atoms with van der Waals surface area (Å²) in [5.74, 6) is 0. The third-order valence-corrected chi connectivity index (χ3v) is 3.29. The maximum Gasteiger partial charge on any atom is 0.0773 e. The normalized spacial score (nSPS) is 24.8. The molecule has 0 bridgehead atoms. The summed E-state index contributed by atoms with van der Waals surface area (Å²) >= 11 is 0. The third-order valence-electron chi connectivity index (χ3n) is 3.29. The van der Waals surface area contributed by atoms with Gasteiger partial charge in [0.15, 0.2) is 0 Å². The topological polar surface area (TPSA) is 24.1 Å². The molecule has 1 atom stereocenters. The predicted molar refractivity (Wildman–Crippen MR) is 69.5 cm³/mol. The largest absolute Gasteiger partial charge is 0.370 e. The molecule has 1 aromatic carbocycles. The van der Waals surface area contributed by atoms with E-state index in [1.54, 1.807) is 0 Å². The SMILES string of the molecule is CC1(C)CCCNC(Nc2ccccc2)C1. The Hall–Kier alpha value is -1.02. The van der Waals surface area contributed by atoms with Crippen LogP contribution in [0.2, 0.25) is 0 Å². The van der Waals surface area contributed by atoms with Crippen molar-refractivity contribution in [3.05, 3.63) is 30.3 Å². The van der Waals surface area contributed by atoms with Crippen molar-refractivity contribution in [1.82, 2.24) is 5.32 Å². The first-order valence-electron chi connectivity index (χ1n) is 6.21. The second-order valence-electron chi connectivity index (χ2n) is 5.49. The van der Waals surface area contributed by atoms with Gasteiger partial charge in [0.05, 0.1) is 6.17 Å². The van der Waals surface area contributed by atoms with Crippen molar-refractivity contribution >= 4 is 5.69 Å². The number of rotatable bonds is 2. The molecule has 1 saturated heterocycles. The molecule has 88 valence electrons. The zero-order valence-corrected chi connectivity index (χ0v) is 10.3. The van der Waals surface area contributed by atoms with E-state index in [1.165, 1.54) is 24.9 Å². The average Bonchev–Trinajstić information content (AvgIpc) is 2.40. The molecule has 16 heavy (non-hydrogen) atoms. The molecule has 0 aliphatic carbocycles. The van der Waals surface area contributed by atoms with Gasteiger partial charge in [-0.15, -0.1) is 0 Å². The fourth-order valence-corrected chi connectivity index (χ4v) is 2.41. The Balaban J connectivity index is 1.98. The van der Waals surface area contributed by atoms with E-state index in [4.69, 9.17) is 0 Å². The molecule has 1 aliphatic heterocycles. The van der Waals surface area contributed by atoms with Crippen LogP contribution >= 0.6 is 0 Å². The highest BCUT2D eigenvalue weighted by Gasteiger charge is 2.25. The molecule has 2 rings (SSSR count). The lowest BCUT2D eigenvalue weighted by molar-refractivity contribution is 0.301. The van der Waals surface area contributed by atoms with Crippen molar-refractivity contribution in [3.63, 3.8) is 0 Å². The van der Waals surface area contributed by atoms with Gasteiger partial charge in [-0.2, -0.15) is 0 Å². The van der Waals surface area contributed by atoms with E-state index in [2.05, 4.69) is 54.8 Å². The fourth-order valence-electron chi connectivity index (χ4n) is 2.41. The summed E-state index contributed by atoms with van der Waals surface area (Å²) in [6.45, 7) is 5.84. The first-order valence-corrected chi connectivity index (χ1v) is 6.21. The number of hydrogen-bond donors (Lipinski definition) is 2. The Morgan fingerprint density at radius 3 is 2.75 bits per heavy atom. The lowest BCUT2D eigenvalue weighted by Crippen LogP contribution is -2.37. The molecule has 2 nitrogen and oxygen atoms in total. The number of anilines is 1. The van der Waals surface area contributed by atoms with Gasteiger partial charge in [-0.25, -0.2) is 0 Å². The van der Waals surface area contributed by atoms with E-state index in [0.717, 1.165) is 6.54 Å². The van der Waals surface area contributed by atoms with Gasteiger partial charge in [0.1, 0.15) is 0 Å². The van der Waals surface area contributed by atoms with Crippen LogP contribution in [-0.2, 0) is 0 Å². The number of para-hydroxylation sites is 1. The molecular weight excluding hydrogens is 196 g/mol. The van der Waals surface area contributed by atoms with Crippen LogP contribution < -0.4 is 10.6 Å². The van der Waals surface area contributed by atoms with Gasteiger partial charge in [-0.3, -0.25) is 5.32 Å². The minimum atomic E-state index is 0.403. The van der Waals surface area contributed by atoms with Crippen LogP contribution in [0.5, 0.6) is 0 Å². The fraction of sp³-hybridized carbons (Fsp3) is 0.571. The molecule has 1 unspecified atom stereocenters. The van der Waals surface area contributed by atoms with Gasteiger partial charge in [-0.05, 0) is 43.4 Å². The van der Waals surface area contributed by atoms with Crippen LogP contribution in [0.4, 0.5) is 5.69 Å². The van der Waals surface area contributed by atoms with Crippen molar-refractivity contribution in [3.8, 4) is 0 Å². The molecule has 2 N–H and O–H groups in total. The lowest BCUT2D eigenvalue weighted by Gasteiger charge is -2.27. The molecule has 1 fully saturated rings. The van der Waals surface area contributed by atoms with Crippen LogP contribution in [0.3, 0.4) is 0 Å². The predicted octanol–water partition coefficient (Wildman–Crippen LogP) is 3.22. The van der Waals surface area contributed by atoms with E-state index in [0.29, 0.717) is 11.6 Å². The van der Waals surface area contributed by atoms with E-state index in [9.17, 15) is 0 Å². The van der Waals surface area contributed by atoms with Crippen molar-refractivity contribution in [2.75, 3.05) is 11.9 Å². The zero-order chi connectivity index (χ0) is 11.4. The van der Waals surface area contributed by atoms with Crippen molar-refractivity contribution in [2.45, 2.75) is 39.3 Å². The lowest BCUT2D eigenvalue weighted by atomic mass is 9.84. The second kappa shape index (κ2) is 4.88. The highest BCUT2D eigenvalue weighted by atomic mass is 15.1. The van der Waals surface area contributed by atoms with Crippen LogP contribution in [0, 0.1) is 5.41 Å². The summed E-state index contributed by atoms with van der Waals surface area (Å²) in [6, 6.07) is 10.4. The molecule has 1 heterocycles. The third kappa shape index (κ3) is 3.24. The van der Waals surface area contributed by atoms with E-state index >= 15 is 0 Å². The molecule has 0 saturated carbocycles. The highest BCUT2D eigenvalue weighted by Crippen LogP contribution is 2.30. The van der Waals surface area contributed by atoms with E-state index in [-0.39, 0.29) is 0 Å². The van der Waals surface area contributed by atoms with Crippen LogP contribution in [0.15, 0.2) is 30.3 Å². The van der Waals surface area contributed by atoms with E-state index in [1.807, 2.05) is 0 Å². The smallest absolute Gasteiger partial charge is 0.0773 e. The molecule has 0 spiro atoms. The van der Waals surface area contributed by atoms with Gasteiger partial charge in [0.25, 0.3) is 0 Å². The minimum absolute atomic E-state index is 0.403. The van der Waals surface area contributed by atoms with Gasteiger partial charge in [0.2, 0.25) is 0 Å². The summed E-state index contributed by atoms with van der Waals surface area (Å²) in [6.07, 6.45) is 4.18. The van der Waals surface area contributed by atoms with Crippen molar-refractivity contribution < 1.29 is 0 Å². The minimum Gasteiger partial charge on any atom is -0.370 e. The first-order chi connectivity index (χ1) is 7.66. The monoisotopic (exact) mass is 218 g/mol. The second-order valence-corrected chi connectivity index (χ2v) is 5.49. The summed E-state index contributed by atoms with van der Waals surface area (Å²) < 4.78 is 0. The quantitative estimate of drug-likeness (QED) is 0.796. The maximum atomic E-state index is 3.57. The Morgan fingerprint density at radius 2 is 2.00 bits per heavy atom. The Morgan fingerprint density at radius 1 is 1.25 bits per heavy atom. The van der Waals surface area contributed by atoms with Crippen LogP contribution in [-0.4, -0.2) is 12.7 Å². The standard InChI is InChI=1S/C14H22N2/c1-14(2)9-6-10-15-13(11-14)16-12-7-4-3-5-8-12/h3-5,7-8,13,15-16H,6,9-11H2,1-2H3. The van der Waals surface area contributed by atoms with Crippen LogP contribution in [0.25, 0.3) is 0 Å². The van der Waals surface area contributed by atoms with Crippen molar-refractivity contribution in [2.24, 2.45) is 5.41 Å². The molecule has 0 aromatic heterocycles. The van der Waals surface area contributed by atoms with E-state index < -0.39 is 0 Å². The summed E-state index contributed by atoms with van der Waals surface area (Å²) in [4.78, 5) is 0. The molecular formula is C14H22N2. The number of hydrogen-bond acceptors (Lipinski definition) is 2. The van der Waals surface area contributed by atoms with Gasteiger partial charge >= 0.3 is 0 Å².